The number of carbonyl (C=O) groups excluding carboxylic acids is 1. The molecule has 0 bridgehead atoms. The molecule has 2 amide bonds. The van der Waals surface area contributed by atoms with Crippen molar-refractivity contribution in [1.82, 2.24) is 5.32 Å². The lowest BCUT2D eigenvalue weighted by molar-refractivity contribution is 0.182. The third-order valence-corrected chi connectivity index (χ3v) is 4.21. The number of aliphatic hydroxyl groups is 1. The van der Waals surface area contributed by atoms with Crippen LogP contribution in [0.5, 0.6) is 0 Å². The van der Waals surface area contributed by atoms with Crippen molar-refractivity contribution < 1.29 is 14.6 Å². The maximum absolute atomic E-state index is 12.2. The third-order valence-electron chi connectivity index (χ3n) is 4.21. The number of hydrogen-bond acceptors (Lipinski definition) is 3. The summed E-state index contributed by atoms with van der Waals surface area (Å²) in [7, 11) is 1.65. The van der Waals surface area contributed by atoms with Crippen LogP contribution in [0, 0.1) is 5.92 Å². The van der Waals surface area contributed by atoms with Gasteiger partial charge in [0.2, 0.25) is 0 Å². The van der Waals surface area contributed by atoms with Gasteiger partial charge >= 0.3 is 6.03 Å². The Morgan fingerprint density at radius 3 is 2.91 bits per heavy atom. The average molecular weight is 306 g/mol. The summed E-state index contributed by atoms with van der Waals surface area (Å²) >= 11 is 0. The minimum Gasteiger partial charge on any atom is -0.396 e. The number of nitrogens with one attached hydrogen (secondary N) is 2. The molecular formula is C17H26N2O3. The van der Waals surface area contributed by atoms with Crippen molar-refractivity contribution in [3.05, 3.63) is 29.8 Å². The van der Waals surface area contributed by atoms with E-state index >= 15 is 0 Å². The van der Waals surface area contributed by atoms with E-state index in [4.69, 9.17) is 4.74 Å². The maximum Gasteiger partial charge on any atom is 0.319 e. The number of anilines is 1. The first-order valence-corrected chi connectivity index (χ1v) is 7.99. The van der Waals surface area contributed by atoms with Crippen molar-refractivity contribution in [2.45, 2.75) is 44.8 Å². The number of urea groups is 1. The molecule has 0 radical (unpaired) electrons. The van der Waals surface area contributed by atoms with Crippen molar-refractivity contribution in [1.29, 1.82) is 0 Å². The molecular weight excluding hydrogens is 280 g/mol. The Balaban J connectivity index is 1.92. The second kappa shape index (κ2) is 8.76. The first kappa shape index (κ1) is 16.8. The molecule has 22 heavy (non-hydrogen) atoms. The fourth-order valence-electron chi connectivity index (χ4n) is 3.03. The summed E-state index contributed by atoms with van der Waals surface area (Å²) in [6, 6.07) is 7.45. The van der Waals surface area contributed by atoms with Crippen molar-refractivity contribution >= 4 is 11.7 Å². The zero-order valence-electron chi connectivity index (χ0n) is 13.2. The molecule has 0 aromatic heterocycles. The quantitative estimate of drug-likeness (QED) is 0.733. The van der Waals surface area contributed by atoms with Gasteiger partial charge in [0.1, 0.15) is 0 Å². The molecule has 1 aromatic rings. The van der Waals surface area contributed by atoms with Crippen molar-refractivity contribution in [2.24, 2.45) is 5.92 Å². The molecule has 0 heterocycles. The predicted octanol–water partition coefficient (Wildman–Crippen LogP) is 2.90. The van der Waals surface area contributed by atoms with E-state index in [0.717, 1.165) is 36.9 Å². The number of ether oxygens (including phenoxy) is 1. The molecule has 1 aliphatic carbocycles. The summed E-state index contributed by atoms with van der Waals surface area (Å²) in [5.74, 6) is 0.160. The predicted molar refractivity (Wildman–Crippen MR) is 86.8 cm³/mol. The number of benzene rings is 1. The normalized spacial score (nSPS) is 21.9. The zero-order valence-corrected chi connectivity index (χ0v) is 13.2. The van der Waals surface area contributed by atoms with Crippen molar-refractivity contribution in [3.8, 4) is 0 Å². The second-order valence-corrected chi connectivity index (χ2v) is 5.92. The van der Waals surface area contributed by atoms with Crippen LogP contribution in [0.3, 0.4) is 0 Å². The number of rotatable bonds is 5. The van der Waals surface area contributed by atoms with E-state index in [1.807, 2.05) is 24.3 Å². The monoisotopic (exact) mass is 306 g/mol. The molecule has 0 spiro atoms. The first-order valence-electron chi connectivity index (χ1n) is 7.99. The summed E-state index contributed by atoms with van der Waals surface area (Å²) in [6.45, 7) is 0.653. The molecule has 1 fully saturated rings. The minimum atomic E-state index is -0.208. The van der Waals surface area contributed by atoms with E-state index in [1.165, 1.54) is 6.42 Å². The Morgan fingerprint density at radius 2 is 2.14 bits per heavy atom. The van der Waals surface area contributed by atoms with Crippen LogP contribution in [-0.4, -0.2) is 30.9 Å². The molecule has 1 aliphatic rings. The Hall–Kier alpha value is -1.59. The molecule has 5 nitrogen and oxygen atoms in total. The van der Waals surface area contributed by atoms with Gasteiger partial charge in [-0.05, 0) is 30.5 Å². The van der Waals surface area contributed by atoms with Crippen LogP contribution in [0.2, 0.25) is 0 Å². The van der Waals surface area contributed by atoms with Gasteiger partial charge in [-0.2, -0.15) is 0 Å². The molecule has 2 unspecified atom stereocenters. The standard InChI is InChI=1S/C17H26N2O3/c1-22-12-13-6-5-8-15(10-13)18-17(21)19-16-9-4-2-3-7-14(16)11-20/h5-6,8,10,14,16,20H,2-4,7,9,11-12H2,1H3,(H2,18,19,21). The van der Waals surface area contributed by atoms with Gasteiger partial charge < -0.3 is 20.5 Å². The smallest absolute Gasteiger partial charge is 0.319 e. The number of hydrogen-bond donors (Lipinski definition) is 3. The highest BCUT2D eigenvalue weighted by Gasteiger charge is 2.24. The maximum atomic E-state index is 12.2. The largest absolute Gasteiger partial charge is 0.396 e. The Kier molecular flexibility index (Phi) is 6.68. The van der Waals surface area contributed by atoms with Gasteiger partial charge in [-0.1, -0.05) is 31.4 Å². The third kappa shape index (κ3) is 5.00. The lowest BCUT2D eigenvalue weighted by Crippen LogP contribution is -2.43. The molecule has 0 saturated heterocycles. The van der Waals surface area contributed by atoms with E-state index in [1.54, 1.807) is 7.11 Å². The van der Waals surface area contributed by atoms with Crippen LogP contribution in [0.1, 0.15) is 37.7 Å². The first-order chi connectivity index (χ1) is 10.7. The van der Waals surface area contributed by atoms with E-state index in [2.05, 4.69) is 10.6 Å². The van der Waals surface area contributed by atoms with Crippen LogP contribution in [-0.2, 0) is 11.3 Å². The minimum absolute atomic E-state index is 0.0506. The van der Waals surface area contributed by atoms with Gasteiger partial charge in [-0.3, -0.25) is 0 Å². The second-order valence-electron chi connectivity index (χ2n) is 5.92. The summed E-state index contributed by atoms with van der Waals surface area (Å²) in [5, 5.41) is 15.4. The summed E-state index contributed by atoms with van der Waals surface area (Å²) in [6.07, 6.45) is 5.32. The fraction of sp³-hybridized carbons (Fsp3) is 0.588. The van der Waals surface area contributed by atoms with Crippen LogP contribution in [0.4, 0.5) is 10.5 Å². The molecule has 122 valence electrons. The van der Waals surface area contributed by atoms with Crippen LogP contribution < -0.4 is 10.6 Å². The van der Waals surface area contributed by atoms with Gasteiger partial charge in [-0.25, -0.2) is 4.79 Å². The zero-order chi connectivity index (χ0) is 15.8. The molecule has 0 aliphatic heterocycles. The molecule has 3 N–H and O–H groups in total. The Bertz CT molecular complexity index is 479. The highest BCUT2D eigenvalue weighted by atomic mass is 16.5. The Morgan fingerprint density at radius 1 is 1.32 bits per heavy atom. The summed E-state index contributed by atoms with van der Waals surface area (Å²) < 4.78 is 5.10. The number of carbonyl (C=O) groups is 1. The van der Waals surface area contributed by atoms with Gasteiger partial charge in [0, 0.05) is 31.4 Å². The Labute approximate surface area is 132 Å². The van der Waals surface area contributed by atoms with Crippen LogP contribution >= 0.6 is 0 Å². The van der Waals surface area contributed by atoms with Crippen molar-refractivity contribution in [2.75, 3.05) is 19.0 Å². The van der Waals surface area contributed by atoms with Gasteiger partial charge in [0.25, 0.3) is 0 Å². The lowest BCUT2D eigenvalue weighted by Gasteiger charge is -2.24. The molecule has 1 saturated carbocycles. The molecule has 5 heteroatoms. The van der Waals surface area contributed by atoms with Crippen molar-refractivity contribution in [3.63, 3.8) is 0 Å². The lowest BCUT2D eigenvalue weighted by atomic mass is 9.96. The highest BCUT2D eigenvalue weighted by Crippen LogP contribution is 2.23. The summed E-state index contributed by atoms with van der Waals surface area (Å²) in [5.41, 5.74) is 1.77. The topological polar surface area (TPSA) is 70.6 Å². The molecule has 2 rings (SSSR count). The summed E-state index contributed by atoms with van der Waals surface area (Å²) in [4.78, 5) is 12.2. The number of amides is 2. The van der Waals surface area contributed by atoms with Crippen LogP contribution in [0.15, 0.2) is 24.3 Å². The molecule has 2 atom stereocenters. The van der Waals surface area contributed by atoms with Gasteiger partial charge in [0.05, 0.1) is 6.61 Å². The number of methoxy groups -OCH3 is 1. The van der Waals surface area contributed by atoms with Gasteiger partial charge in [0.15, 0.2) is 0 Å². The number of aliphatic hydroxyl groups excluding tert-OH is 1. The fourth-order valence-corrected chi connectivity index (χ4v) is 3.03. The van der Waals surface area contributed by atoms with E-state index < -0.39 is 0 Å². The van der Waals surface area contributed by atoms with Crippen LogP contribution in [0.25, 0.3) is 0 Å². The van der Waals surface area contributed by atoms with E-state index in [9.17, 15) is 9.90 Å². The van der Waals surface area contributed by atoms with E-state index in [-0.39, 0.29) is 24.6 Å². The highest BCUT2D eigenvalue weighted by molar-refractivity contribution is 5.89. The SMILES string of the molecule is COCc1cccc(NC(=O)NC2CCCCCC2CO)c1. The van der Waals surface area contributed by atoms with E-state index in [0.29, 0.717) is 6.61 Å². The average Bonchev–Trinajstić information content (AvgIpc) is 2.73. The molecule has 1 aromatic carbocycles. The van der Waals surface area contributed by atoms with Gasteiger partial charge in [-0.15, -0.1) is 0 Å².